The molecule has 0 saturated heterocycles. The molecule has 0 aromatic rings. The fourth-order valence-corrected chi connectivity index (χ4v) is 0.530. The number of rotatable bonds is 3. The van der Waals surface area contributed by atoms with Crippen molar-refractivity contribution >= 4 is 5.97 Å². The first-order valence-electron chi connectivity index (χ1n) is 4.21. The van der Waals surface area contributed by atoms with E-state index >= 15 is 0 Å². The van der Waals surface area contributed by atoms with Gasteiger partial charge in [0.25, 0.3) is 0 Å². The summed E-state index contributed by atoms with van der Waals surface area (Å²) in [6.07, 6.45) is 0. The Morgan fingerprint density at radius 3 is 2.33 bits per heavy atom. The van der Waals surface area contributed by atoms with E-state index in [0.29, 0.717) is 6.61 Å². The fraction of sp³-hybridized carbons (Fsp3) is 0.889. The van der Waals surface area contributed by atoms with Gasteiger partial charge in [-0.3, -0.25) is 4.79 Å². The van der Waals surface area contributed by atoms with Crippen molar-refractivity contribution < 1.29 is 9.53 Å². The minimum Gasteiger partial charge on any atom is -0.464 e. The van der Waals surface area contributed by atoms with Gasteiger partial charge >= 0.3 is 5.97 Å². The standard InChI is InChI=1S/C9H19NO2/c1-7(10-5)8(11)12-6-9(2,3)4/h7,10H,6H2,1-5H3/t7-/m1/s1. The Kier molecular flexibility index (Phi) is 4.24. The first kappa shape index (κ1) is 11.4. The minimum absolute atomic E-state index is 0.0448. The topological polar surface area (TPSA) is 38.3 Å². The molecule has 0 radical (unpaired) electrons. The lowest BCUT2D eigenvalue weighted by Gasteiger charge is -2.19. The molecule has 0 aliphatic heterocycles. The van der Waals surface area contributed by atoms with Crippen molar-refractivity contribution in [3.63, 3.8) is 0 Å². The van der Waals surface area contributed by atoms with Gasteiger partial charge in [-0.2, -0.15) is 0 Å². The van der Waals surface area contributed by atoms with Crippen LogP contribution in [0.25, 0.3) is 0 Å². The summed E-state index contributed by atoms with van der Waals surface area (Å²) in [5.41, 5.74) is 0.0448. The molecule has 0 heterocycles. The van der Waals surface area contributed by atoms with Gasteiger partial charge < -0.3 is 10.1 Å². The second kappa shape index (κ2) is 4.45. The highest BCUT2D eigenvalue weighted by atomic mass is 16.5. The molecular formula is C9H19NO2. The molecule has 3 nitrogen and oxygen atoms in total. The van der Waals surface area contributed by atoms with Gasteiger partial charge in [-0.1, -0.05) is 20.8 Å². The summed E-state index contributed by atoms with van der Waals surface area (Å²) in [5.74, 6) is -0.188. The molecule has 0 spiro atoms. The van der Waals surface area contributed by atoms with Crippen LogP contribution in [0.15, 0.2) is 0 Å². The summed E-state index contributed by atoms with van der Waals surface area (Å²) < 4.78 is 5.06. The number of ether oxygens (including phenoxy) is 1. The van der Waals surface area contributed by atoms with Crippen molar-refractivity contribution in [1.29, 1.82) is 0 Å². The number of hydrogen-bond acceptors (Lipinski definition) is 3. The molecule has 0 saturated carbocycles. The maximum absolute atomic E-state index is 11.1. The van der Waals surface area contributed by atoms with Crippen LogP contribution in [0.1, 0.15) is 27.7 Å². The SMILES string of the molecule is CN[C@H](C)C(=O)OCC(C)(C)C. The normalized spacial score (nSPS) is 14.1. The van der Waals surface area contributed by atoms with Crippen LogP contribution in [0.5, 0.6) is 0 Å². The molecule has 3 heteroatoms. The monoisotopic (exact) mass is 173 g/mol. The van der Waals surface area contributed by atoms with Gasteiger partial charge in [0.15, 0.2) is 0 Å². The van der Waals surface area contributed by atoms with Crippen molar-refractivity contribution in [3.8, 4) is 0 Å². The number of nitrogens with one attached hydrogen (secondary N) is 1. The summed E-state index contributed by atoms with van der Waals surface area (Å²) in [5, 5.41) is 2.83. The molecule has 0 aromatic carbocycles. The van der Waals surface area contributed by atoms with Gasteiger partial charge in [-0.05, 0) is 19.4 Å². The van der Waals surface area contributed by atoms with E-state index in [1.54, 1.807) is 14.0 Å². The van der Waals surface area contributed by atoms with E-state index < -0.39 is 0 Å². The molecule has 1 N–H and O–H groups in total. The van der Waals surface area contributed by atoms with E-state index in [9.17, 15) is 4.79 Å². The van der Waals surface area contributed by atoms with E-state index in [4.69, 9.17) is 4.74 Å². The summed E-state index contributed by atoms with van der Waals surface area (Å²) in [7, 11) is 1.74. The molecule has 0 aliphatic rings. The molecule has 0 amide bonds. The first-order valence-corrected chi connectivity index (χ1v) is 4.21. The van der Waals surface area contributed by atoms with Crippen LogP contribution in [0.4, 0.5) is 0 Å². The Hall–Kier alpha value is -0.570. The number of carbonyl (C=O) groups excluding carboxylic acids is 1. The van der Waals surface area contributed by atoms with Crippen LogP contribution < -0.4 is 5.32 Å². The highest BCUT2D eigenvalue weighted by Gasteiger charge is 2.16. The number of hydrogen-bond donors (Lipinski definition) is 1. The largest absolute Gasteiger partial charge is 0.464 e. The molecule has 72 valence electrons. The summed E-state index contributed by atoms with van der Waals surface area (Å²) in [6.45, 7) is 8.35. The van der Waals surface area contributed by atoms with Crippen LogP contribution in [-0.4, -0.2) is 25.7 Å². The van der Waals surface area contributed by atoms with Gasteiger partial charge in [0.05, 0.1) is 6.61 Å². The average Bonchev–Trinajstić information content (AvgIpc) is 1.97. The lowest BCUT2D eigenvalue weighted by molar-refractivity contribution is -0.148. The zero-order chi connectivity index (χ0) is 9.78. The molecule has 0 aromatic heterocycles. The molecule has 0 aliphatic carbocycles. The van der Waals surface area contributed by atoms with Crippen molar-refractivity contribution in [2.75, 3.05) is 13.7 Å². The van der Waals surface area contributed by atoms with Crippen LogP contribution in [0, 0.1) is 5.41 Å². The average molecular weight is 173 g/mol. The number of esters is 1. The molecular weight excluding hydrogens is 154 g/mol. The summed E-state index contributed by atoms with van der Waals surface area (Å²) >= 11 is 0. The Bertz CT molecular complexity index is 149. The highest BCUT2D eigenvalue weighted by molar-refractivity contribution is 5.75. The lowest BCUT2D eigenvalue weighted by atomic mass is 9.99. The Labute approximate surface area is 74.5 Å². The van der Waals surface area contributed by atoms with Crippen LogP contribution >= 0.6 is 0 Å². The van der Waals surface area contributed by atoms with Crippen molar-refractivity contribution in [3.05, 3.63) is 0 Å². The lowest BCUT2D eigenvalue weighted by Crippen LogP contribution is -2.34. The third kappa shape index (κ3) is 5.13. The Balaban J connectivity index is 3.72. The zero-order valence-corrected chi connectivity index (χ0v) is 8.60. The predicted octanol–water partition coefficient (Wildman–Crippen LogP) is 1.18. The van der Waals surface area contributed by atoms with Crippen LogP contribution in [0.3, 0.4) is 0 Å². The van der Waals surface area contributed by atoms with Crippen molar-refractivity contribution in [2.24, 2.45) is 5.41 Å². The fourth-order valence-electron chi connectivity index (χ4n) is 0.530. The Morgan fingerprint density at radius 2 is 2.00 bits per heavy atom. The molecule has 12 heavy (non-hydrogen) atoms. The van der Waals surface area contributed by atoms with E-state index in [2.05, 4.69) is 5.32 Å². The molecule has 1 atom stereocenters. The van der Waals surface area contributed by atoms with Crippen molar-refractivity contribution in [1.82, 2.24) is 5.32 Å². The van der Waals surface area contributed by atoms with Gasteiger partial charge in [-0.25, -0.2) is 0 Å². The maximum Gasteiger partial charge on any atom is 0.322 e. The first-order chi connectivity index (χ1) is 5.37. The van der Waals surface area contributed by atoms with E-state index in [1.165, 1.54) is 0 Å². The molecule has 0 fully saturated rings. The number of carbonyl (C=O) groups is 1. The van der Waals surface area contributed by atoms with Gasteiger partial charge in [0.1, 0.15) is 6.04 Å². The summed E-state index contributed by atoms with van der Waals surface area (Å²) in [4.78, 5) is 11.1. The predicted molar refractivity (Wildman–Crippen MR) is 48.9 cm³/mol. The maximum atomic E-state index is 11.1. The zero-order valence-electron chi connectivity index (χ0n) is 8.60. The second-order valence-corrected chi connectivity index (χ2v) is 4.18. The van der Waals surface area contributed by atoms with E-state index in [0.717, 1.165) is 0 Å². The minimum atomic E-state index is -0.215. The van der Waals surface area contributed by atoms with Gasteiger partial charge in [0.2, 0.25) is 0 Å². The van der Waals surface area contributed by atoms with Crippen molar-refractivity contribution in [2.45, 2.75) is 33.7 Å². The quantitative estimate of drug-likeness (QED) is 0.651. The Morgan fingerprint density at radius 1 is 1.50 bits per heavy atom. The summed E-state index contributed by atoms with van der Waals surface area (Å²) in [6, 6.07) is -0.215. The van der Waals surface area contributed by atoms with Gasteiger partial charge in [-0.15, -0.1) is 0 Å². The third-order valence-electron chi connectivity index (χ3n) is 1.43. The van der Waals surface area contributed by atoms with E-state index in [-0.39, 0.29) is 17.4 Å². The molecule has 0 unspecified atom stereocenters. The second-order valence-electron chi connectivity index (χ2n) is 4.18. The van der Waals surface area contributed by atoms with Gasteiger partial charge in [0, 0.05) is 0 Å². The molecule has 0 rings (SSSR count). The van der Waals surface area contributed by atoms with Crippen LogP contribution in [-0.2, 0) is 9.53 Å². The number of likely N-dealkylation sites (N-methyl/N-ethyl adjacent to an activating group) is 1. The molecule has 0 bridgehead atoms. The van der Waals surface area contributed by atoms with Crippen LogP contribution in [0.2, 0.25) is 0 Å². The highest BCUT2D eigenvalue weighted by Crippen LogP contribution is 2.12. The smallest absolute Gasteiger partial charge is 0.322 e. The van der Waals surface area contributed by atoms with E-state index in [1.807, 2.05) is 20.8 Å². The third-order valence-corrected chi connectivity index (χ3v) is 1.43.